The highest BCUT2D eigenvalue weighted by molar-refractivity contribution is 7.21. The summed E-state index contributed by atoms with van der Waals surface area (Å²) in [6.45, 7) is 6.22. The molecule has 3 heterocycles. The minimum absolute atomic E-state index is 0.0246. The van der Waals surface area contributed by atoms with Crippen molar-refractivity contribution in [3.8, 4) is 10.6 Å². The number of rotatable bonds is 7. The Labute approximate surface area is 224 Å². The van der Waals surface area contributed by atoms with Crippen molar-refractivity contribution in [3.63, 3.8) is 0 Å². The smallest absolute Gasteiger partial charge is 0.225 e. The first-order chi connectivity index (χ1) is 18.3. The van der Waals surface area contributed by atoms with E-state index in [1.165, 1.54) is 12.1 Å². The van der Waals surface area contributed by atoms with Crippen LogP contribution in [0.15, 0.2) is 48.5 Å². The molecule has 38 heavy (non-hydrogen) atoms. The van der Waals surface area contributed by atoms with Gasteiger partial charge in [0.05, 0.1) is 33.6 Å². The van der Waals surface area contributed by atoms with E-state index in [-0.39, 0.29) is 36.6 Å². The lowest BCUT2D eigenvalue weighted by Crippen LogP contribution is -2.35. The Bertz CT molecular complexity index is 1430. The average Bonchev–Trinajstić information content (AvgIpc) is 3.54. The number of aryl methyl sites for hydroxylation is 1. The van der Waals surface area contributed by atoms with Crippen LogP contribution in [-0.4, -0.2) is 50.7 Å². The van der Waals surface area contributed by atoms with Crippen molar-refractivity contribution < 1.29 is 19.0 Å². The number of fused-ring (bicyclic) bond motifs is 2. The standard InChI is InChI=1S/C28H30FN5O3S/c1-15-22(26-33-19-6-4-5-7-21(19)38-26)25(34-27(31-15)30-13-16-8-10-18(29)11-9-16)32-20-12-17(14-35)23-24(20)37-28(2,3)36-23/h4-11,17,20,23-24,35H,12-14H2,1-3H3,(H2,30,31,32,34)/t17-,20-,23-,24+/m1/s1. The van der Waals surface area contributed by atoms with E-state index in [1.54, 1.807) is 23.5 Å². The Kier molecular flexibility index (Phi) is 6.51. The van der Waals surface area contributed by atoms with Crippen LogP contribution in [0.3, 0.4) is 0 Å². The first-order valence-electron chi connectivity index (χ1n) is 12.8. The van der Waals surface area contributed by atoms with Crippen LogP contribution >= 0.6 is 11.3 Å². The molecule has 10 heteroatoms. The van der Waals surface area contributed by atoms with Crippen molar-refractivity contribution in [2.24, 2.45) is 5.92 Å². The molecule has 3 N–H and O–H groups in total. The zero-order chi connectivity index (χ0) is 26.4. The van der Waals surface area contributed by atoms with Crippen LogP contribution in [0.1, 0.15) is 31.5 Å². The maximum atomic E-state index is 13.3. The van der Waals surface area contributed by atoms with Gasteiger partial charge in [0.15, 0.2) is 5.79 Å². The molecule has 2 fully saturated rings. The summed E-state index contributed by atoms with van der Waals surface area (Å²) in [5.74, 6) is 0.0711. The van der Waals surface area contributed by atoms with Crippen LogP contribution in [0.5, 0.6) is 0 Å². The molecule has 2 aromatic heterocycles. The average molecular weight is 536 g/mol. The van der Waals surface area contributed by atoms with Crippen LogP contribution in [0, 0.1) is 18.7 Å². The molecule has 0 radical (unpaired) electrons. The van der Waals surface area contributed by atoms with Gasteiger partial charge in [0, 0.05) is 19.1 Å². The van der Waals surface area contributed by atoms with Crippen LogP contribution in [0.25, 0.3) is 20.8 Å². The molecule has 198 valence electrons. The summed E-state index contributed by atoms with van der Waals surface area (Å²) < 4.78 is 26.8. The minimum Gasteiger partial charge on any atom is -0.396 e. The number of halogens is 1. The number of ether oxygens (including phenoxy) is 2. The fraction of sp³-hybridized carbons (Fsp3) is 0.393. The summed E-state index contributed by atoms with van der Waals surface area (Å²) in [5.41, 5.74) is 3.45. The number of benzene rings is 2. The zero-order valence-corrected chi connectivity index (χ0v) is 22.3. The number of para-hydroxylation sites is 1. The van der Waals surface area contributed by atoms with Crippen molar-refractivity contribution in [2.75, 3.05) is 17.2 Å². The summed E-state index contributed by atoms with van der Waals surface area (Å²) in [4.78, 5) is 14.5. The van der Waals surface area contributed by atoms with Crippen LogP contribution in [-0.2, 0) is 16.0 Å². The minimum atomic E-state index is -0.720. The van der Waals surface area contributed by atoms with Gasteiger partial charge >= 0.3 is 0 Å². The molecule has 8 nitrogen and oxygen atoms in total. The SMILES string of the molecule is Cc1nc(NCc2ccc(F)cc2)nc(N[C@@H]2C[C@H](CO)[C@H]3OC(C)(C)O[C@H]32)c1-c1nc2ccccc2s1. The molecular formula is C28H30FN5O3S. The number of aliphatic hydroxyl groups excluding tert-OH is 1. The van der Waals surface area contributed by atoms with Gasteiger partial charge in [-0.1, -0.05) is 24.3 Å². The molecule has 2 aliphatic rings. The fourth-order valence-corrected chi connectivity index (χ4v) is 6.42. The predicted octanol–water partition coefficient (Wildman–Crippen LogP) is 5.13. The predicted molar refractivity (Wildman–Crippen MR) is 146 cm³/mol. The van der Waals surface area contributed by atoms with E-state index in [4.69, 9.17) is 24.4 Å². The molecular weight excluding hydrogens is 505 g/mol. The third-order valence-corrected chi connectivity index (χ3v) is 8.15. The highest BCUT2D eigenvalue weighted by atomic mass is 32.1. The maximum absolute atomic E-state index is 13.3. The van der Waals surface area contributed by atoms with E-state index in [2.05, 4.69) is 16.7 Å². The lowest BCUT2D eigenvalue weighted by molar-refractivity contribution is -0.158. The van der Waals surface area contributed by atoms with Gasteiger partial charge in [0.2, 0.25) is 5.95 Å². The van der Waals surface area contributed by atoms with Crippen LogP contribution in [0.2, 0.25) is 0 Å². The molecule has 1 saturated carbocycles. The highest BCUT2D eigenvalue weighted by Crippen LogP contribution is 2.44. The summed E-state index contributed by atoms with van der Waals surface area (Å²) in [7, 11) is 0. The van der Waals surface area contributed by atoms with E-state index in [0.29, 0.717) is 24.7 Å². The van der Waals surface area contributed by atoms with Crippen LogP contribution in [0.4, 0.5) is 16.2 Å². The van der Waals surface area contributed by atoms with Gasteiger partial charge in [-0.15, -0.1) is 11.3 Å². The Balaban J connectivity index is 1.36. The molecule has 0 spiro atoms. The van der Waals surface area contributed by atoms with E-state index in [9.17, 15) is 9.50 Å². The largest absolute Gasteiger partial charge is 0.396 e. The Morgan fingerprint density at radius 2 is 1.82 bits per heavy atom. The van der Waals surface area contributed by atoms with Gasteiger partial charge in [-0.25, -0.2) is 14.4 Å². The number of anilines is 2. The highest BCUT2D eigenvalue weighted by Gasteiger charge is 2.54. The monoisotopic (exact) mass is 535 g/mol. The van der Waals surface area contributed by atoms with E-state index in [1.807, 2.05) is 39.0 Å². The summed E-state index contributed by atoms with van der Waals surface area (Å²) in [6.07, 6.45) is 0.261. The zero-order valence-electron chi connectivity index (χ0n) is 21.4. The number of nitrogens with zero attached hydrogens (tertiary/aromatic N) is 3. The number of aliphatic hydroxyl groups is 1. The second kappa shape index (κ2) is 9.85. The third-order valence-electron chi connectivity index (χ3n) is 7.10. The third kappa shape index (κ3) is 4.84. The topological polar surface area (TPSA) is 101 Å². The van der Waals surface area contributed by atoms with Gasteiger partial charge in [-0.05, 0) is 57.0 Å². The number of nitrogens with one attached hydrogen (secondary N) is 2. The molecule has 2 aromatic carbocycles. The van der Waals surface area contributed by atoms with Gasteiger partial charge in [-0.3, -0.25) is 0 Å². The normalized spacial score (nSPS) is 24.0. The second-order valence-corrected chi connectivity index (χ2v) is 11.3. The van der Waals surface area contributed by atoms with Gasteiger partial charge in [0.25, 0.3) is 0 Å². The molecule has 4 atom stereocenters. The van der Waals surface area contributed by atoms with Crippen molar-refractivity contribution in [3.05, 3.63) is 65.6 Å². The number of hydrogen-bond donors (Lipinski definition) is 3. The van der Waals surface area contributed by atoms with Gasteiger partial charge in [0.1, 0.15) is 22.7 Å². The lowest BCUT2D eigenvalue weighted by Gasteiger charge is -2.25. The summed E-state index contributed by atoms with van der Waals surface area (Å²) in [6, 6.07) is 14.2. The van der Waals surface area contributed by atoms with Crippen molar-refractivity contribution >= 4 is 33.3 Å². The van der Waals surface area contributed by atoms with Crippen molar-refractivity contribution in [1.29, 1.82) is 0 Å². The molecule has 1 saturated heterocycles. The molecule has 1 aliphatic carbocycles. The van der Waals surface area contributed by atoms with Gasteiger partial charge in [-0.2, -0.15) is 4.98 Å². The fourth-order valence-electron chi connectivity index (χ4n) is 5.36. The molecule has 0 bridgehead atoms. The number of thiazole rings is 1. The molecule has 4 aromatic rings. The Morgan fingerprint density at radius 3 is 2.58 bits per heavy atom. The summed E-state index contributed by atoms with van der Waals surface area (Å²) >= 11 is 1.60. The van der Waals surface area contributed by atoms with E-state index < -0.39 is 5.79 Å². The lowest BCUT2D eigenvalue weighted by atomic mass is 10.1. The number of aromatic nitrogens is 3. The molecule has 1 aliphatic heterocycles. The van der Waals surface area contributed by atoms with Crippen LogP contribution < -0.4 is 10.6 Å². The van der Waals surface area contributed by atoms with Crippen molar-refractivity contribution in [1.82, 2.24) is 15.0 Å². The van der Waals surface area contributed by atoms with E-state index >= 15 is 0 Å². The molecule has 6 rings (SSSR count). The van der Waals surface area contributed by atoms with E-state index in [0.717, 1.165) is 32.0 Å². The summed E-state index contributed by atoms with van der Waals surface area (Å²) in [5, 5.41) is 17.8. The number of hydrogen-bond acceptors (Lipinski definition) is 9. The Morgan fingerprint density at radius 1 is 1.05 bits per heavy atom. The van der Waals surface area contributed by atoms with Crippen molar-refractivity contribution in [2.45, 2.75) is 57.8 Å². The van der Waals surface area contributed by atoms with Gasteiger partial charge < -0.3 is 25.2 Å². The Hall–Kier alpha value is -3.18. The second-order valence-electron chi connectivity index (χ2n) is 10.3. The molecule has 0 unspecified atom stereocenters. The maximum Gasteiger partial charge on any atom is 0.225 e. The first-order valence-corrected chi connectivity index (χ1v) is 13.6. The quantitative estimate of drug-likeness (QED) is 0.300. The first kappa shape index (κ1) is 25.1. The molecule has 0 amide bonds.